The lowest BCUT2D eigenvalue weighted by Gasteiger charge is -2.27. The Hall–Kier alpha value is -1.80. The van der Waals surface area contributed by atoms with Crippen LogP contribution in [0.4, 0.5) is 0 Å². The molecular weight excluding hydrogens is 372 g/mol. The molecule has 0 N–H and O–H groups in total. The molecule has 138 valence electrons. The summed E-state index contributed by atoms with van der Waals surface area (Å²) in [6.07, 6.45) is 0. The Morgan fingerprint density at radius 2 is 1.27 bits per heavy atom. The number of nitrogens with zero attached hydrogens (tertiary/aromatic N) is 2. The molecule has 26 heavy (non-hydrogen) atoms. The Morgan fingerprint density at radius 3 is 1.62 bits per heavy atom. The van der Waals surface area contributed by atoms with E-state index in [1.807, 2.05) is 47.9 Å². The van der Waals surface area contributed by atoms with E-state index in [0.29, 0.717) is 24.6 Å². The number of carbonyl (C=O) groups excluding carboxylic acids is 2. The first-order chi connectivity index (χ1) is 12.5. The summed E-state index contributed by atoms with van der Waals surface area (Å²) in [5.74, 6) is 4.29. The van der Waals surface area contributed by atoms with Gasteiger partial charge in [0.05, 0.1) is 11.5 Å². The van der Waals surface area contributed by atoms with Gasteiger partial charge in [-0.2, -0.15) is 0 Å². The van der Waals surface area contributed by atoms with E-state index in [0.717, 1.165) is 23.0 Å². The maximum atomic E-state index is 12.3. The number of carbonyl (C=O) groups is 2. The number of aryl methyl sites for hydroxylation is 2. The molecule has 2 aromatic rings. The largest absolute Gasteiger partial charge is 0.463 e. The Balaban J connectivity index is 1.47. The average molecular weight is 393 g/mol. The predicted octanol–water partition coefficient (Wildman–Crippen LogP) is 3.34. The van der Waals surface area contributed by atoms with Crippen molar-refractivity contribution in [1.82, 2.24) is 9.80 Å². The maximum Gasteiger partial charge on any atom is 0.233 e. The van der Waals surface area contributed by atoms with Crippen LogP contribution in [-0.2, 0) is 9.59 Å². The summed E-state index contributed by atoms with van der Waals surface area (Å²) in [5.41, 5.74) is 0. The minimum Gasteiger partial charge on any atom is -0.463 e. The number of furan rings is 2. The zero-order valence-electron chi connectivity index (χ0n) is 14.6. The van der Waals surface area contributed by atoms with Gasteiger partial charge in [-0.05, 0) is 38.1 Å². The molecule has 0 saturated carbocycles. The van der Waals surface area contributed by atoms with E-state index in [1.54, 1.807) is 23.5 Å². The van der Waals surface area contributed by atoms with Crippen LogP contribution in [0.5, 0.6) is 0 Å². The summed E-state index contributed by atoms with van der Waals surface area (Å²) >= 11 is 3.13. The second-order valence-electron chi connectivity index (χ2n) is 6.40. The van der Waals surface area contributed by atoms with Crippen LogP contribution >= 0.6 is 23.5 Å². The summed E-state index contributed by atoms with van der Waals surface area (Å²) < 4.78 is 11.4. The Bertz CT molecular complexity index is 763. The van der Waals surface area contributed by atoms with E-state index in [2.05, 4.69) is 0 Å². The first-order valence-electron chi connectivity index (χ1n) is 8.48. The molecule has 0 aliphatic carbocycles. The normalized spacial score (nSPS) is 23.5. The molecule has 0 unspecified atom stereocenters. The first kappa shape index (κ1) is 17.6. The van der Waals surface area contributed by atoms with E-state index in [9.17, 15) is 9.59 Å². The highest BCUT2D eigenvalue weighted by molar-refractivity contribution is 8.00. The van der Waals surface area contributed by atoms with Gasteiger partial charge in [0.2, 0.25) is 11.8 Å². The fourth-order valence-corrected chi connectivity index (χ4v) is 5.57. The van der Waals surface area contributed by atoms with Crippen molar-refractivity contribution in [2.24, 2.45) is 0 Å². The monoisotopic (exact) mass is 392 g/mol. The van der Waals surface area contributed by atoms with Crippen molar-refractivity contribution < 1.29 is 18.4 Å². The minimum absolute atomic E-state index is 0.0822. The third kappa shape index (κ3) is 3.27. The number of amides is 2. The number of hydrogen-bond donors (Lipinski definition) is 0. The summed E-state index contributed by atoms with van der Waals surface area (Å²) in [6, 6.07) is 7.66. The van der Waals surface area contributed by atoms with E-state index < -0.39 is 0 Å². The molecule has 2 aromatic heterocycles. The number of hydrogen-bond acceptors (Lipinski definition) is 6. The molecule has 2 aliphatic rings. The highest BCUT2D eigenvalue weighted by Crippen LogP contribution is 2.41. The molecular formula is C18H20N2O4S2. The smallest absolute Gasteiger partial charge is 0.233 e. The number of rotatable bonds is 5. The fourth-order valence-electron chi connectivity index (χ4n) is 3.25. The molecule has 6 nitrogen and oxygen atoms in total. The molecule has 2 fully saturated rings. The van der Waals surface area contributed by atoms with Gasteiger partial charge in [-0.15, -0.1) is 23.5 Å². The van der Waals surface area contributed by atoms with Crippen LogP contribution in [0, 0.1) is 13.8 Å². The molecule has 2 aliphatic heterocycles. The van der Waals surface area contributed by atoms with Gasteiger partial charge in [0.1, 0.15) is 33.8 Å². The quantitative estimate of drug-likeness (QED) is 0.778. The van der Waals surface area contributed by atoms with Crippen LogP contribution in [0.2, 0.25) is 0 Å². The van der Waals surface area contributed by atoms with Crippen molar-refractivity contribution in [1.29, 1.82) is 0 Å². The Kier molecular flexibility index (Phi) is 4.79. The minimum atomic E-state index is -0.120. The second kappa shape index (κ2) is 7.08. The Morgan fingerprint density at radius 1 is 0.846 bits per heavy atom. The average Bonchev–Trinajstić information content (AvgIpc) is 3.36. The number of thioether (sulfide) groups is 2. The van der Waals surface area contributed by atoms with Crippen LogP contribution in [0.15, 0.2) is 33.1 Å². The van der Waals surface area contributed by atoms with Gasteiger partial charge in [0.25, 0.3) is 0 Å². The van der Waals surface area contributed by atoms with Gasteiger partial charge in [-0.3, -0.25) is 9.59 Å². The topological polar surface area (TPSA) is 66.9 Å². The second-order valence-corrected chi connectivity index (χ2v) is 8.53. The lowest BCUT2D eigenvalue weighted by molar-refractivity contribution is -0.132. The fraction of sp³-hybridized carbons (Fsp3) is 0.444. The molecule has 0 spiro atoms. The molecule has 4 heterocycles. The van der Waals surface area contributed by atoms with Crippen LogP contribution in [0.25, 0.3) is 0 Å². The van der Waals surface area contributed by atoms with Crippen molar-refractivity contribution >= 4 is 35.3 Å². The molecule has 0 radical (unpaired) electrons. The van der Waals surface area contributed by atoms with Crippen molar-refractivity contribution in [2.45, 2.75) is 24.6 Å². The van der Waals surface area contributed by atoms with Crippen LogP contribution in [0.1, 0.15) is 33.8 Å². The zero-order chi connectivity index (χ0) is 18.3. The van der Waals surface area contributed by atoms with E-state index in [1.165, 1.54) is 0 Å². The van der Waals surface area contributed by atoms with E-state index >= 15 is 0 Å². The maximum absolute atomic E-state index is 12.3. The highest BCUT2D eigenvalue weighted by Gasteiger charge is 2.38. The molecule has 2 atom stereocenters. The van der Waals surface area contributed by atoms with Crippen molar-refractivity contribution in [3.8, 4) is 0 Å². The predicted molar refractivity (Wildman–Crippen MR) is 101 cm³/mol. The van der Waals surface area contributed by atoms with Gasteiger partial charge < -0.3 is 18.6 Å². The van der Waals surface area contributed by atoms with Crippen LogP contribution in [-0.4, -0.2) is 46.2 Å². The molecule has 0 bridgehead atoms. The summed E-state index contributed by atoms with van der Waals surface area (Å²) in [4.78, 5) is 28.3. The van der Waals surface area contributed by atoms with Crippen molar-refractivity contribution in [3.63, 3.8) is 0 Å². The molecule has 0 aromatic carbocycles. The van der Waals surface area contributed by atoms with Crippen molar-refractivity contribution in [2.75, 3.05) is 24.6 Å². The summed E-state index contributed by atoms with van der Waals surface area (Å²) in [7, 11) is 0. The van der Waals surface area contributed by atoms with Gasteiger partial charge in [0.15, 0.2) is 0 Å². The lowest BCUT2D eigenvalue weighted by Crippen LogP contribution is -2.38. The molecule has 8 heteroatoms. The third-order valence-corrected chi connectivity index (χ3v) is 6.96. The standard InChI is InChI=1S/C18H20N2O4S2/c1-11-3-5-13(23-11)17-19(15(21)9-25-17)7-8-20-16(22)10-26-18(20)14-6-4-12(2)24-14/h3-6,17-18H,7-10H2,1-2H3/t17-,18+. The van der Waals surface area contributed by atoms with Gasteiger partial charge in [0, 0.05) is 13.1 Å². The SMILES string of the molecule is Cc1ccc([C@H]2SCC(=O)N2CCN2C(=O)CS[C@H]2c2ccc(C)o2)o1. The Labute approximate surface area is 160 Å². The van der Waals surface area contributed by atoms with Crippen LogP contribution in [0.3, 0.4) is 0 Å². The van der Waals surface area contributed by atoms with E-state index in [-0.39, 0.29) is 22.6 Å². The van der Waals surface area contributed by atoms with E-state index in [4.69, 9.17) is 8.83 Å². The summed E-state index contributed by atoms with van der Waals surface area (Å²) in [6.45, 7) is 4.76. The van der Waals surface area contributed by atoms with Gasteiger partial charge in [-0.25, -0.2) is 0 Å². The summed E-state index contributed by atoms with van der Waals surface area (Å²) in [5, 5.41) is -0.239. The van der Waals surface area contributed by atoms with Gasteiger partial charge in [-0.1, -0.05) is 0 Å². The van der Waals surface area contributed by atoms with Gasteiger partial charge >= 0.3 is 0 Å². The third-order valence-electron chi connectivity index (χ3n) is 4.53. The highest BCUT2D eigenvalue weighted by atomic mass is 32.2. The lowest BCUT2D eigenvalue weighted by atomic mass is 10.3. The molecule has 2 saturated heterocycles. The zero-order valence-corrected chi connectivity index (χ0v) is 16.3. The van der Waals surface area contributed by atoms with Crippen LogP contribution < -0.4 is 0 Å². The molecule has 2 amide bonds. The first-order valence-corrected chi connectivity index (χ1v) is 10.6. The molecule has 4 rings (SSSR count). The van der Waals surface area contributed by atoms with Crippen molar-refractivity contribution in [3.05, 3.63) is 47.3 Å².